The lowest BCUT2D eigenvalue weighted by Crippen LogP contribution is -2.16. The smallest absolute Gasteiger partial charge is 0.123 e. The van der Waals surface area contributed by atoms with Gasteiger partial charge in [-0.3, -0.25) is 0 Å². The van der Waals surface area contributed by atoms with Gasteiger partial charge in [0.15, 0.2) is 0 Å². The first-order valence-electron chi connectivity index (χ1n) is 7.12. The van der Waals surface area contributed by atoms with E-state index in [0.29, 0.717) is 13.2 Å². The zero-order valence-electron chi connectivity index (χ0n) is 12.6. The third-order valence-electron chi connectivity index (χ3n) is 3.28. The van der Waals surface area contributed by atoms with Gasteiger partial charge in [-0.2, -0.15) is 0 Å². The van der Waals surface area contributed by atoms with Crippen LogP contribution in [0.2, 0.25) is 0 Å². The van der Waals surface area contributed by atoms with Crippen molar-refractivity contribution in [3.05, 3.63) is 24.0 Å². The molecule has 0 radical (unpaired) electrons. The molecule has 1 heterocycles. The van der Waals surface area contributed by atoms with Crippen LogP contribution in [0.5, 0.6) is 5.75 Å². The number of nitrogens with zero attached hydrogens (tertiary/aromatic N) is 3. The van der Waals surface area contributed by atoms with Crippen molar-refractivity contribution in [3.63, 3.8) is 0 Å². The van der Waals surface area contributed by atoms with Gasteiger partial charge in [-0.05, 0) is 46.1 Å². The van der Waals surface area contributed by atoms with E-state index in [4.69, 9.17) is 10.5 Å². The van der Waals surface area contributed by atoms with Crippen molar-refractivity contribution in [2.24, 2.45) is 5.73 Å². The summed E-state index contributed by atoms with van der Waals surface area (Å²) in [5, 5.41) is 0. The maximum absolute atomic E-state index is 5.82. The molecule has 0 amide bonds. The van der Waals surface area contributed by atoms with Crippen molar-refractivity contribution in [1.82, 2.24) is 14.5 Å². The van der Waals surface area contributed by atoms with E-state index in [1.54, 1.807) is 0 Å². The molecular formula is C15H24N4O. The fourth-order valence-corrected chi connectivity index (χ4v) is 2.37. The summed E-state index contributed by atoms with van der Waals surface area (Å²) in [5.41, 5.74) is 7.91. The lowest BCUT2D eigenvalue weighted by Gasteiger charge is -2.12. The SMILES string of the molecule is CCOc1ccc2c(c1)nc(CN)n2CCCN(C)C. The van der Waals surface area contributed by atoms with Crippen LogP contribution in [0.4, 0.5) is 0 Å². The lowest BCUT2D eigenvalue weighted by molar-refractivity contribution is 0.340. The van der Waals surface area contributed by atoms with Gasteiger partial charge in [-0.15, -0.1) is 0 Å². The summed E-state index contributed by atoms with van der Waals surface area (Å²) in [6.07, 6.45) is 1.08. The highest BCUT2D eigenvalue weighted by atomic mass is 16.5. The van der Waals surface area contributed by atoms with Crippen molar-refractivity contribution in [1.29, 1.82) is 0 Å². The van der Waals surface area contributed by atoms with Gasteiger partial charge in [0.25, 0.3) is 0 Å². The van der Waals surface area contributed by atoms with Crippen molar-refractivity contribution in [2.45, 2.75) is 26.4 Å². The number of aromatic nitrogens is 2. The number of fused-ring (bicyclic) bond motifs is 1. The zero-order chi connectivity index (χ0) is 14.5. The van der Waals surface area contributed by atoms with E-state index in [2.05, 4.69) is 34.6 Å². The summed E-state index contributed by atoms with van der Waals surface area (Å²) >= 11 is 0. The minimum Gasteiger partial charge on any atom is -0.494 e. The molecular weight excluding hydrogens is 252 g/mol. The Kier molecular flexibility index (Phi) is 4.98. The molecule has 0 aliphatic heterocycles. The third kappa shape index (κ3) is 3.29. The van der Waals surface area contributed by atoms with E-state index in [-0.39, 0.29) is 0 Å². The van der Waals surface area contributed by atoms with Gasteiger partial charge < -0.3 is 19.9 Å². The summed E-state index contributed by atoms with van der Waals surface area (Å²) in [6, 6.07) is 6.05. The molecule has 1 aromatic heterocycles. The van der Waals surface area contributed by atoms with Crippen LogP contribution in [0.1, 0.15) is 19.2 Å². The fraction of sp³-hybridized carbons (Fsp3) is 0.533. The van der Waals surface area contributed by atoms with E-state index in [1.807, 2.05) is 19.1 Å². The second-order valence-electron chi connectivity index (χ2n) is 5.12. The average molecular weight is 276 g/mol. The Morgan fingerprint density at radius 2 is 2.15 bits per heavy atom. The van der Waals surface area contributed by atoms with Gasteiger partial charge in [-0.25, -0.2) is 4.98 Å². The molecule has 0 saturated carbocycles. The number of nitrogens with two attached hydrogens (primary N) is 1. The summed E-state index contributed by atoms with van der Waals surface area (Å²) < 4.78 is 7.74. The van der Waals surface area contributed by atoms with Crippen LogP contribution in [-0.4, -0.2) is 41.7 Å². The van der Waals surface area contributed by atoms with Gasteiger partial charge in [-0.1, -0.05) is 0 Å². The Morgan fingerprint density at radius 3 is 2.80 bits per heavy atom. The Hall–Kier alpha value is -1.59. The zero-order valence-corrected chi connectivity index (χ0v) is 12.6. The van der Waals surface area contributed by atoms with Gasteiger partial charge in [0.05, 0.1) is 24.2 Å². The molecule has 0 atom stereocenters. The number of hydrogen-bond donors (Lipinski definition) is 1. The van der Waals surface area contributed by atoms with Crippen LogP contribution in [-0.2, 0) is 13.1 Å². The molecule has 0 bridgehead atoms. The number of rotatable bonds is 7. The van der Waals surface area contributed by atoms with Crippen LogP contribution in [0.15, 0.2) is 18.2 Å². The van der Waals surface area contributed by atoms with Crippen LogP contribution in [0, 0.1) is 0 Å². The van der Waals surface area contributed by atoms with Gasteiger partial charge >= 0.3 is 0 Å². The molecule has 0 saturated heterocycles. The first kappa shape index (κ1) is 14.8. The Balaban J connectivity index is 2.27. The summed E-state index contributed by atoms with van der Waals surface area (Å²) in [6.45, 7) is 5.10. The first-order chi connectivity index (χ1) is 9.65. The molecule has 2 rings (SSSR count). The molecule has 1 aromatic carbocycles. The molecule has 5 heteroatoms. The third-order valence-corrected chi connectivity index (χ3v) is 3.28. The molecule has 0 aliphatic rings. The molecule has 0 spiro atoms. The van der Waals surface area contributed by atoms with E-state index >= 15 is 0 Å². The van der Waals surface area contributed by atoms with Gasteiger partial charge in [0, 0.05) is 12.6 Å². The predicted molar refractivity (Wildman–Crippen MR) is 82.0 cm³/mol. The van der Waals surface area contributed by atoms with Crippen LogP contribution >= 0.6 is 0 Å². The average Bonchev–Trinajstić information content (AvgIpc) is 2.76. The molecule has 2 N–H and O–H groups in total. The lowest BCUT2D eigenvalue weighted by atomic mass is 10.3. The largest absolute Gasteiger partial charge is 0.494 e. The standard InChI is InChI=1S/C15H24N4O/c1-4-20-12-6-7-14-13(10-12)17-15(11-16)19(14)9-5-8-18(2)3/h6-7,10H,4-5,8-9,11,16H2,1-3H3. The second-order valence-corrected chi connectivity index (χ2v) is 5.12. The van der Waals surface area contributed by atoms with E-state index in [9.17, 15) is 0 Å². The van der Waals surface area contributed by atoms with Gasteiger partial charge in [0.1, 0.15) is 11.6 Å². The highest BCUT2D eigenvalue weighted by Gasteiger charge is 2.10. The van der Waals surface area contributed by atoms with E-state index in [1.165, 1.54) is 0 Å². The topological polar surface area (TPSA) is 56.3 Å². The van der Waals surface area contributed by atoms with Crippen LogP contribution < -0.4 is 10.5 Å². The monoisotopic (exact) mass is 276 g/mol. The molecule has 5 nitrogen and oxygen atoms in total. The number of ether oxygens (including phenoxy) is 1. The van der Waals surface area contributed by atoms with E-state index < -0.39 is 0 Å². The number of imidazole rings is 1. The van der Waals surface area contributed by atoms with E-state index in [0.717, 1.165) is 42.1 Å². The quantitative estimate of drug-likeness (QED) is 0.838. The van der Waals surface area contributed by atoms with Crippen molar-refractivity contribution < 1.29 is 4.74 Å². The van der Waals surface area contributed by atoms with Crippen molar-refractivity contribution in [2.75, 3.05) is 27.2 Å². The predicted octanol–water partition coefficient (Wildman–Crippen LogP) is 1.85. The molecule has 0 fully saturated rings. The van der Waals surface area contributed by atoms with Crippen molar-refractivity contribution >= 4 is 11.0 Å². The minimum absolute atomic E-state index is 0.459. The molecule has 110 valence electrons. The number of hydrogen-bond acceptors (Lipinski definition) is 4. The second kappa shape index (κ2) is 6.72. The van der Waals surface area contributed by atoms with Crippen molar-refractivity contribution in [3.8, 4) is 5.75 Å². The summed E-state index contributed by atoms with van der Waals surface area (Å²) in [7, 11) is 4.18. The maximum Gasteiger partial charge on any atom is 0.123 e. The van der Waals surface area contributed by atoms with Gasteiger partial charge in [0.2, 0.25) is 0 Å². The first-order valence-corrected chi connectivity index (χ1v) is 7.12. The van der Waals surface area contributed by atoms with Crippen LogP contribution in [0.25, 0.3) is 11.0 Å². The highest BCUT2D eigenvalue weighted by Crippen LogP contribution is 2.22. The number of aryl methyl sites for hydroxylation is 1. The minimum atomic E-state index is 0.459. The number of benzene rings is 1. The Labute approximate surface area is 120 Å². The molecule has 20 heavy (non-hydrogen) atoms. The Morgan fingerprint density at radius 1 is 1.35 bits per heavy atom. The fourth-order valence-electron chi connectivity index (χ4n) is 2.37. The van der Waals surface area contributed by atoms with Crippen LogP contribution in [0.3, 0.4) is 0 Å². The molecule has 0 unspecified atom stereocenters. The normalized spacial score (nSPS) is 11.4. The molecule has 0 aliphatic carbocycles. The highest BCUT2D eigenvalue weighted by molar-refractivity contribution is 5.77. The summed E-state index contributed by atoms with van der Waals surface area (Å²) in [4.78, 5) is 6.81. The maximum atomic E-state index is 5.82. The molecule has 2 aromatic rings. The summed E-state index contributed by atoms with van der Waals surface area (Å²) in [5.74, 6) is 1.80. The Bertz CT molecular complexity index is 562.